The van der Waals surface area contributed by atoms with E-state index in [9.17, 15) is 14.4 Å². The van der Waals surface area contributed by atoms with E-state index in [-0.39, 0.29) is 53.9 Å². The van der Waals surface area contributed by atoms with Gasteiger partial charge < -0.3 is 45.2 Å². The highest BCUT2D eigenvalue weighted by molar-refractivity contribution is 5.92. The van der Waals surface area contributed by atoms with E-state index in [2.05, 4.69) is 100.0 Å². The van der Waals surface area contributed by atoms with Crippen LogP contribution in [0, 0.1) is 17.8 Å². The van der Waals surface area contributed by atoms with Crippen LogP contribution in [0.15, 0.2) is 60.9 Å². The van der Waals surface area contributed by atoms with Crippen LogP contribution in [-0.4, -0.2) is 101 Å². The van der Waals surface area contributed by atoms with Gasteiger partial charge in [0.15, 0.2) is 0 Å². The van der Waals surface area contributed by atoms with Crippen molar-refractivity contribution < 1.29 is 28.7 Å². The number of ether oxygens (including phenoxy) is 2. The lowest BCUT2D eigenvalue weighted by Gasteiger charge is -2.30. The summed E-state index contributed by atoms with van der Waals surface area (Å²) in [6, 6.07) is 17.2. The van der Waals surface area contributed by atoms with E-state index in [0.717, 1.165) is 84.4 Å². The van der Waals surface area contributed by atoms with Crippen molar-refractivity contribution in [3.8, 4) is 33.6 Å². The Kier molecular flexibility index (Phi) is 13.9. The number of likely N-dealkylation sites (N-methyl/N-ethyl adjacent to an activating group) is 1. The minimum absolute atomic E-state index is 0.0573. The van der Waals surface area contributed by atoms with Gasteiger partial charge in [0.2, 0.25) is 11.8 Å². The molecule has 6 heterocycles. The van der Waals surface area contributed by atoms with Crippen molar-refractivity contribution in [2.75, 3.05) is 34.4 Å². The first-order valence-corrected chi connectivity index (χ1v) is 23.5. The van der Waals surface area contributed by atoms with Crippen LogP contribution in [-0.2, 0) is 23.9 Å². The summed E-state index contributed by atoms with van der Waals surface area (Å²) in [5, 5.41) is 12.2. The van der Waals surface area contributed by atoms with Gasteiger partial charge in [0.1, 0.15) is 17.7 Å². The minimum atomic E-state index is -0.681. The second-order valence-electron chi connectivity index (χ2n) is 19.1. The number of aromatic amines is 2. The summed E-state index contributed by atoms with van der Waals surface area (Å²) in [6.07, 6.45) is 8.92. The average molecular weight is 900 g/mol. The lowest BCUT2D eigenvalue weighted by Crippen LogP contribution is -2.51. The zero-order valence-corrected chi connectivity index (χ0v) is 39.4. The lowest BCUT2D eigenvalue weighted by atomic mass is 9.87. The molecule has 0 radical (unpaired) electrons. The number of nitrogens with one attached hydrogen (secondary N) is 5. The standard InChI is InChI=1S/C49H61N9O4.C2H4O2/c1-26(2)43(50-6)47(59)57-18-8-11-40(57)46-52-25-38(55-46)34-17-16-33(41-35-20-28(5)21-36(53-35)42(34)41)31-14-12-30-23-32(15-13-29(30)22-31)37-24-51-45(54-37)39-10-9-19-58(39)48(60)44(27(3)4)56-49(61)62-7;1-4-2-3/h12-17,22-28,35-36,39-40,43-44,50,53H,8-11,18-21H2,1-7H3,(H,51,54)(H,52,55)(H,56,61);2H,1H3/t28?,35?,36?,39?,40-,43?,44-;/m0./s1. The Balaban J connectivity index is 0.00000142. The summed E-state index contributed by atoms with van der Waals surface area (Å²) in [5.74, 6) is 2.34. The van der Waals surface area contributed by atoms with Crippen molar-refractivity contribution in [3.63, 3.8) is 0 Å². The Morgan fingerprint density at radius 1 is 0.742 bits per heavy atom. The maximum absolute atomic E-state index is 13.7. The van der Waals surface area contributed by atoms with Gasteiger partial charge in [-0.05, 0) is 108 Å². The summed E-state index contributed by atoms with van der Waals surface area (Å²) in [4.78, 5) is 69.2. The fraction of sp³-hybridized carbons (Fsp3) is 0.490. The Morgan fingerprint density at radius 2 is 1.26 bits per heavy atom. The second kappa shape index (κ2) is 19.8. The number of likely N-dealkylation sites (tertiary alicyclic amines) is 2. The van der Waals surface area contributed by atoms with Crippen LogP contribution in [0.25, 0.3) is 44.4 Å². The predicted molar refractivity (Wildman–Crippen MR) is 254 cm³/mol. The molecule has 2 bridgehead atoms. The molecule has 9 rings (SSSR count). The molecule has 0 saturated carbocycles. The number of carbonyl (C=O) groups excluding carboxylic acids is 4. The van der Waals surface area contributed by atoms with Gasteiger partial charge in [0, 0.05) is 36.3 Å². The van der Waals surface area contributed by atoms with E-state index >= 15 is 0 Å². The molecule has 5 N–H and O–H groups in total. The molecule has 3 fully saturated rings. The molecule has 0 spiro atoms. The number of hydrogen-bond acceptors (Lipinski definition) is 10. The number of alkyl carbamates (subject to hydrolysis) is 1. The number of nitrogens with zero attached hydrogens (tertiary/aromatic N) is 4. The van der Waals surface area contributed by atoms with Crippen LogP contribution in [0.1, 0.15) is 120 Å². The summed E-state index contributed by atoms with van der Waals surface area (Å²) in [7, 11) is 4.49. The zero-order valence-electron chi connectivity index (χ0n) is 39.4. The summed E-state index contributed by atoms with van der Waals surface area (Å²) in [5.41, 5.74) is 9.33. The number of imidazole rings is 2. The maximum Gasteiger partial charge on any atom is 0.407 e. The van der Waals surface area contributed by atoms with Gasteiger partial charge in [-0.3, -0.25) is 14.4 Å². The van der Waals surface area contributed by atoms with Crippen LogP contribution in [0.5, 0.6) is 0 Å². The number of carbonyl (C=O) groups is 4. The number of benzene rings is 3. The number of aromatic nitrogens is 4. The molecule has 7 atom stereocenters. The Bertz CT molecular complexity index is 2570. The largest absolute Gasteiger partial charge is 0.471 e. The molecule has 3 amide bonds. The van der Waals surface area contributed by atoms with Gasteiger partial charge in [0.05, 0.1) is 56.1 Å². The van der Waals surface area contributed by atoms with E-state index in [1.807, 2.05) is 43.1 Å². The minimum Gasteiger partial charge on any atom is -0.471 e. The SMILES string of the molecule is CNC(C(=O)N1CCC[C@H]1c1ncc(-c2ccc(-c3ccc4cc(-c5cnc(C6CCCN6C(=O)[C@@H](NC(=O)OC)C(C)C)[nH]5)ccc4c3)c3c2C2CC(C)CC3N2)[nH]1)C(C)C.COC=O. The smallest absolute Gasteiger partial charge is 0.407 e. The Hall–Kier alpha value is -6.06. The highest BCUT2D eigenvalue weighted by Gasteiger charge is 2.42. The van der Waals surface area contributed by atoms with Crippen molar-refractivity contribution >= 4 is 35.2 Å². The van der Waals surface area contributed by atoms with E-state index in [1.54, 1.807) is 0 Å². The molecule has 15 heteroatoms. The van der Waals surface area contributed by atoms with Gasteiger partial charge in [-0.25, -0.2) is 14.8 Å². The first kappa shape index (κ1) is 46.5. The highest BCUT2D eigenvalue weighted by Crippen LogP contribution is 2.52. The predicted octanol–water partition coefficient (Wildman–Crippen LogP) is 8.14. The number of rotatable bonds is 12. The van der Waals surface area contributed by atoms with Crippen LogP contribution < -0.4 is 16.0 Å². The van der Waals surface area contributed by atoms with Crippen LogP contribution >= 0.6 is 0 Å². The Labute approximate surface area is 387 Å². The molecule has 5 unspecified atom stereocenters. The molecular weight excluding hydrogens is 835 g/mol. The highest BCUT2D eigenvalue weighted by atomic mass is 16.5. The van der Waals surface area contributed by atoms with Crippen molar-refractivity contribution in [1.82, 2.24) is 45.7 Å². The average Bonchev–Trinajstić information content (AvgIpc) is 4.18. The third kappa shape index (κ3) is 9.07. The molecule has 2 aromatic heterocycles. The summed E-state index contributed by atoms with van der Waals surface area (Å²) in [6.45, 7) is 12.1. The van der Waals surface area contributed by atoms with Crippen molar-refractivity contribution in [2.45, 2.75) is 109 Å². The molecule has 4 aliphatic rings. The van der Waals surface area contributed by atoms with Crippen LogP contribution in [0.4, 0.5) is 4.79 Å². The van der Waals surface area contributed by atoms with Gasteiger partial charge >= 0.3 is 6.09 Å². The van der Waals surface area contributed by atoms with Gasteiger partial charge in [-0.2, -0.15) is 0 Å². The number of H-pyrrole nitrogens is 2. The normalized spacial score (nSPS) is 21.9. The molecular formula is C51H65N9O6. The molecule has 350 valence electrons. The number of methoxy groups -OCH3 is 2. The van der Waals surface area contributed by atoms with E-state index < -0.39 is 12.1 Å². The maximum atomic E-state index is 13.7. The van der Waals surface area contributed by atoms with E-state index in [4.69, 9.17) is 19.5 Å². The van der Waals surface area contributed by atoms with Crippen molar-refractivity contribution in [1.29, 1.82) is 0 Å². The summed E-state index contributed by atoms with van der Waals surface area (Å²) < 4.78 is 8.66. The molecule has 3 saturated heterocycles. The van der Waals surface area contributed by atoms with Gasteiger partial charge in [-0.1, -0.05) is 71.0 Å². The second-order valence-corrected chi connectivity index (χ2v) is 19.1. The number of amides is 3. The number of fused-ring (bicyclic) bond motifs is 6. The number of piperidine rings is 1. The molecule has 3 aromatic carbocycles. The fourth-order valence-corrected chi connectivity index (χ4v) is 10.9. The monoisotopic (exact) mass is 900 g/mol. The third-order valence-electron chi connectivity index (χ3n) is 14.0. The topological polar surface area (TPSA) is 187 Å². The van der Waals surface area contributed by atoms with E-state index in [0.29, 0.717) is 18.9 Å². The zero-order chi connectivity index (χ0) is 46.8. The fourth-order valence-electron chi connectivity index (χ4n) is 10.9. The quantitative estimate of drug-likeness (QED) is 0.0766. The molecule has 4 aliphatic heterocycles. The lowest BCUT2D eigenvalue weighted by molar-refractivity contribution is -0.136. The van der Waals surface area contributed by atoms with Crippen LogP contribution in [0.3, 0.4) is 0 Å². The third-order valence-corrected chi connectivity index (χ3v) is 14.0. The molecule has 0 aliphatic carbocycles. The first-order valence-electron chi connectivity index (χ1n) is 23.5. The van der Waals surface area contributed by atoms with Crippen molar-refractivity contribution in [2.24, 2.45) is 17.8 Å². The Morgan fingerprint density at radius 3 is 1.82 bits per heavy atom. The van der Waals surface area contributed by atoms with Crippen LogP contribution in [0.2, 0.25) is 0 Å². The molecule has 66 heavy (non-hydrogen) atoms. The van der Waals surface area contributed by atoms with Crippen molar-refractivity contribution in [3.05, 3.63) is 83.7 Å². The number of hydrogen-bond donors (Lipinski definition) is 5. The molecule has 15 nitrogen and oxygen atoms in total. The molecule has 5 aromatic rings. The van der Waals surface area contributed by atoms with Gasteiger partial charge in [0.25, 0.3) is 6.47 Å². The summed E-state index contributed by atoms with van der Waals surface area (Å²) >= 11 is 0. The van der Waals surface area contributed by atoms with E-state index in [1.165, 1.54) is 42.0 Å². The van der Waals surface area contributed by atoms with Gasteiger partial charge in [-0.15, -0.1) is 0 Å². The first-order chi connectivity index (χ1) is 31.8.